The molecule has 1 heterocycles. The first-order valence-corrected chi connectivity index (χ1v) is 7.32. The molecule has 0 saturated carbocycles. The smallest absolute Gasteiger partial charge is 0.232 e. The average molecular weight is 306 g/mol. The van der Waals surface area contributed by atoms with Crippen molar-refractivity contribution in [3.63, 3.8) is 0 Å². The monoisotopic (exact) mass is 306 g/mol. The molecular formula is C17H16N5O-. The number of para-hydroxylation sites is 1. The van der Waals surface area contributed by atoms with Gasteiger partial charge in [-0.15, -0.1) is 0 Å². The predicted molar refractivity (Wildman–Crippen MR) is 85.8 cm³/mol. The fraction of sp³-hybridized carbons (Fsp3) is 0.176. The topological polar surface area (TPSA) is 81.9 Å². The Hall–Kier alpha value is -3.02. The normalized spacial score (nSPS) is 11.9. The van der Waals surface area contributed by atoms with Crippen LogP contribution in [-0.4, -0.2) is 21.4 Å². The summed E-state index contributed by atoms with van der Waals surface area (Å²) < 4.78 is 0. The van der Waals surface area contributed by atoms with Crippen molar-refractivity contribution in [3.05, 3.63) is 71.5 Å². The van der Waals surface area contributed by atoms with Crippen LogP contribution in [0.2, 0.25) is 0 Å². The number of hydrogen-bond acceptors (Lipinski definition) is 4. The molecule has 1 amide bonds. The predicted octanol–water partition coefficient (Wildman–Crippen LogP) is 2.10. The molecule has 116 valence electrons. The molecule has 0 aliphatic heterocycles. The summed E-state index contributed by atoms with van der Waals surface area (Å²) in [5.74, 6) is -0.376. The third-order valence-electron chi connectivity index (χ3n) is 3.56. The van der Waals surface area contributed by atoms with Gasteiger partial charge in [0.2, 0.25) is 5.91 Å². The molecule has 0 bridgehead atoms. The zero-order chi connectivity index (χ0) is 16.1. The highest BCUT2D eigenvalue weighted by atomic mass is 16.1. The Balaban J connectivity index is 1.81. The number of benzene rings is 2. The number of carbonyl (C=O) groups is 1. The highest BCUT2D eigenvalue weighted by molar-refractivity contribution is 5.95. The second kappa shape index (κ2) is 6.83. The minimum Gasteiger partial charge on any atom is -0.335 e. The summed E-state index contributed by atoms with van der Waals surface area (Å²) in [6, 6.07) is 17.3. The number of nitrogens with one attached hydrogen (secondary N) is 1. The molecule has 0 fully saturated rings. The Morgan fingerprint density at radius 1 is 1.13 bits per heavy atom. The number of hydrogen-bond donors (Lipinski definition) is 1. The standard InChI is InChI=1S/C17H17N5O/c1-12-7-9-13(10-8-12)11-15(16-19-21-22-20-16)17(23)18-14-5-3-2-4-6-14/h2-10,15H,11H2,1H3,(H2,18,19,20,21,22,23)/p-1/t15-/m1/s1. The van der Waals surface area contributed by atoms with E-state index in [-0.39, 0.29) is 5.91 Å². The first kappa shape index (κ1) is 14.9. The van der Waals surface area contributed by atoms with Gasteiger partial charge in [0.25, 0.3) is 0 Å². The molecule has 1 atom stereocenters. The van der Waals surface area contributed by atoms with Gasteiger partial charge in [-0.3, -0.25) is 15.1 Å². The molecule has 0 unspecified atom stereocenters. The number of aromatic nitrogens is 4. The lowest BCUT2D eigenvalue weighted by Crippen LogP contribution is -2.24. The molecule has 0 spiro atoms. The maximum Gasteiger partial charge on any atom is 0.232 e. The molecule has 0 aliphatic rings. The van der Waals surface area contributed by atoms with Crippen LogP contribution in [0.1, 0.15) is 22.9 Å². The number of rotatable bonds is 5. The summed E-state index contributed by atoms with van der Waals surface area (Å²) in [7, 11) is 0. The summed E-state index contributed by atoms with van der Waals surface area (Å²) in [6.07, 6.45) is 0.492. The van der Waals surface area contributed by atoms with Crippen LogP contribution in [-0.2, 0) is 11.2 Å². The number of tetrazole rings is 1. The van der Waals surface area contributed by atoms with Gasteiger partial charge in [0.15, 0.2) is 0 Å². The van der Waals surface area contributed by atoms with Gasteiger partial charge in [-0.1, -0.05) is 48.0 Å². The number of anilines is 1. The van der Waals surface area contributed by atoms with E-state index in [4.69, 9.17) is 0 Å². The molecule has 0 aliphatic carbocycles. The zero-order valence-corrected chi connectivity index (χ0v) is 12.7. The maximum absolute atomic E-state index is 12.6. The lowest BCUT2D eigenvalue weighted by molar-refractivity contribution is -0.117. The molecular weight excluding hydrogens is 290 g/mol. The Morgan fingerprint density at radius 2 is 1.87 bits per heavy atom. The fourth-order valence-corrected chi connectivity index (χ4v) is 2.30. The zero-order valence-electron chi connectivity index (χ0n) is 12.7. The molecule has 3 rings (SSSR count). The summed E-state index contributed by atoms with van der Waals surface area (Å²) >= 11 is 0. The Labute approximate surface area is 133 Å². The van der Waals surface area contributed by atoms with Gasteiger partial charge in [-0.25, -0.2) is 0 Å². The Bertz CT molecular complexity index is 753. The lowest BCUT2D eigenvalue weighted by atomic mass is 9.97. The van der Waals surface area contributed by atoms with Gasteiger partial charge in [-0.05, 0) is 31.0 Å². The van der Waals surface area contributed by atoms with Gasteiger partial charge in [0, 0.05) is 11.5 Å². The lowest BCUT2D eigenvalue weighted by Gasteiger charge is -2.17. The third-order valence-corrected chi connectivity index (χ3v) is 3.56. The first-order chi connectivity index (χ1) is 11.2. The van der Waals surface area contributed by atoms with E-state index < -0.39 is 5.92 Å². The van der Waals surface area contributed by atoms with Crippen molar-refractivity contribution in [1.29, 1.82) is 0 Å². The van der Waals surface area contributed by atoms with E-state index in [9.17, 15) is 4.79 Å². The summed E-state index contributed by atoms with van der Waals surface area (Å²) in [5, 5.41) is 17.6. The molecule has 6 heteroatoms. The van der Waals surface area contributed by atoms with Crippen LogP contribution in [0.15, 0.2) is 54.6 Å². The van der Waals surface area contributed by atoms with Crippen LogP contribution < -0.4 is 10.4 Å². The van der Waals surface area contributed by atoms with Crippen molar-refractivity contribution in [3.8, 4) is 0 Å². The van der Waals surface area contributed by atoms with Gasteiger partial charge in [0.1, 0.15) is 0 Å². The van der Waals surface area contributed by atoms with E-state index in [2.05, 4.69) is 25.9 Å². The van der Waals surface area contributed by atoms with Crippen LogP contribution in [0.4, 0.5) is 5.69 Å². The molecule has 6 nitrogen and oxygen atoms in total. The highest BCUT2D eigenvalue weighted by Gasteiger charge is 2.21. The van der Waals surface area contributed by atoms with Crippen molar-refractivity contribution >= 4 is 11.6 Å². The van der Waals surface area contributed by atoms with E-state index in [1.165, 1.54) is 5.56 Å². The van der Waals surface area contributed by atoms with Gasteiger partial charge < -0.3 is 10.4 Å². The van der Waals surface area contributed by atoms with Crippen LogP contribution in [0.3, 0.4) is 0 Å². The van der Waals surface area contributed by atoms with Crippen molar-refractivity contribution in [2.75, 3.05) is 5.32 Å². The van der Waals surface area contributed by atoms with Gasteiger partial charge in [-0.2, -0.15) is 5.21 Å². The van der Waals surface area contributed by atoms with Crippen molar-refractivity contribution in [1.82, 2.24) is 20.6 Å². The quantitative estimate of drug-likeness (QED) is 0.780. The first-order valence-electron chi connectivity index (χ1n) is 7.32. The third kappa shape index (κ3) is 3.79. The van der Waals surface area contributed by atoms with Crippen molar-refractivity contribution in [2.24, 2.45) is 0 Å². The van der Waals surface area contributed by atoms with E-state index in [1.807, 2.05) is 61.5 Å². The summed E-state index contributed by atoms with van der Waals surface area (Å²) in [4.78, 5) is 12.6. The van der Waals surface area contributed by atoms with Crippen LogP contribution >= 0.6 is 0 Å². The van der Waals surface area contributed by atoms with Crippen LogP contribution in [0, 0.1) is 6.92 Å². The summed E-state index contributed by atoms with van der Waals surface area (Å²) in [5.41, 5.74) is 2.94. The van der Waals surface area contributed by atoms with Crippen LogP contribution in [0.5, 0.6) is 0 Å². The second-order valence-electron chi connectivity index (χ2n) is 5.33. The minimum absolute atomic E-state index is 0.174. The number of amides is 1. The van der Waals surface area contributed by atoms with Gasteiger partial charge >= 0.3 is 0 Å². The highest BCUT2D eigenvalue weighted by Crippen LogP contribution is 2.20. The molecule has 3 aromatic rings. The second-order valence-corrected chi connectivity index (χ2v) is 5.33. The van der Waals surface area contributed by atoms with Crippen LogP contribution in [0.25, 0.3) is 0 Å². The number of nitrogens with zero attached hydrogens (tertiary/aromatic N) is 4. The van der Waals surface area contributed by atoms with E-state index >= 15 is 0 Å². The molecule has 1 N–H and O–H groups in total. The largest absolute Gasteiger partial charge is 0.335 e. The van der Waals surface area contributed by atoms with Gasteiger partial charge in [0.05, 0.1) is 5.92 Å². The van der Waals surface area contributed by atoms with Crippen molar-refractivity contribution in [2.45, 2.75) is 19.3 Å². The molecule has 0 saturated heterocycles. The molecule has 2 aromatic carbocycles. The molecule has 1 aromatic heterocycles. The van der Waals surface area contributed by atoms with E-state index in [0.717, 1.165) is 11.3 Å². The number of carbonyl (C=O) groups excluding carboxylic acids is 1. The maximum atomic E-state index is 12.6. The molecule has 0 radical (unpaired) electrons. The SMILES string of the molecule is Cc1ccc(C[C@@H](C(=O)Nc2ccccc2)c2nnn[n-]2)cc1. The van der Waals surface area contributed by atoms with E-state index in [1.54, 1.807) is 0 Å². The van der Waals surface area contributed by atoms with Crippen molar-refractivity contribution < 1.29 is 4.79 Å². The Kier molecular flexibility index (Phi) is 4.42. The minimum atomic E-state index is -0.534. The average Bonchev–Trinajstić information content (AvgIpc) is 3.09. The summed E-state index contributed by atoms with van der Waals surface area (Å²) in [6.45, 7) is 2.03. The van der Waals surface area contributed by atoms with E-state index in [0.29, 0.717) is 12.2 Å². The fourth-order valence-electron chi connectivity index (χ4n) is 2.30. The Morgan fingerprint density at radius 3 is 2.52 bits per heavy atom. The molecule has 23 heavy (non-hydrogen) atoms. The number of aryl methyl sites for hydroxylation is 1.